The minimum absolute atomic E-state index is 0.0231. The van der Waals surface area contributed by atoms with Crippen molar-refractivity contribution < 1.29 is 15.0 Å². The third-order valence-electron chi connectivity index (χ3n) is 1.61. The first-order valence-corrected chi connectivity index (χ1v) is 6.01. The Balaban J connectivity index is 3.81. The lowest BCUT2D eigenvalue weighted by Crippen LogP contribution is -1.94. The summed E-state index contributed by atoms with van der Waals surface area (Å²) in [7, 11) is 0. The molecule has 0 aromatic rings. The monoisotopic (exact) mass is 230 g/mol. The van der Waals surface area contributed by atoms with Gasteiger partial charge in [0.15, 0.2) is 0 Å². The maximum Gasteiger partial charge on any atom is 0.303 e. The first-order chi connectivity index (χ1) is 7.20. The second kappa shape index (κ2) is 9.80. The Hall–Kier alpha value is -0.740. The Bertz CT molecular complexity index is 234. The fraction of sp³-hybridized carbons (Fsp3) is 0.545. The van der Waals surface area contributed by atoms with Crippen LogP contribution in [-0.2, 0) is 4.79 Å². The summed E-state index contributed by atoms with van der Waals surface area (Å²) in [5.41, 5.74) is 0. The zero-order chi connectivity index (χ0) is 11.5. The van der Waals surface area contributed by atoms with Crippen molar-refractivity contribution in [2.45, 2.75) is 26.2 Å². The summed E-state index contributed by atoms with van der Waals surface area (Å²) in [6, 6.07) is 0. The van der Waals surface area contributed by atoms with Crippen LogP contribution in [0.15, 0.2) is 23.1 Å². The number of allylic oxidation sites excluding steroid dienone is 2. The molecule has 0 saturated heterocycles. The van der Waals surface area contributed by atoms with E-state index in [9.17, 15) is 4.79 Å². The van der Waals surface area contributed by atoms with Gasteiger partial charge in [-0.15, -0.1) is 11.8 Å². The van der Waals surface area contributed by atoms with Crippen molar-refractivity contribution in [1.29, 1.82) is 0 Å². The van der Waals surface area contributed by atoms with Crippen LogP contribution in [0.3, 0.4) is 0 Å². The molecule has 0 atom stereocenters. The van der Waals surface area contributed by atoms with E-state index in [1.807, 2.05) is 19.1 Å². The summed E-state index contributed by atoms with van der Waals surface area (Å²) in [5, 5.41) is 17.2. The molecule has 15 heavy (non-hydrogen) atoms. The number of carbonyl (C=O) groups is 1. The molecule has 4 heteroatoms. The number of aliphatic carboxylic acids is 1. The summed E-state index contributed by atoms with van der Waals surface area (Å²) in [6.45, 7) is 2.07. The molecule has 0 heterocycles. The zero-order valence-electron chi connectivity index (χ0n) is 8.98. The van der Waals surface area contributed by atoms with Crippen molar-refractivity contribution >= 4 is 17.7 Å². The second-order valence-electron chi connectivity index (χ2n) is 2.95. The summed E-state index contributed by atoms with van der Waals surface area (Å²) in [4.78, 5) is 11.3. The molecule has 0 radical (unpaired) electrons. The van der Waals surface area contributed by atoms with Crippen LogP contribution in [0.4, 0.5) is 0 Å². The van der Waals surface area contributed by atoms with Crippen LogP contribution in [0.5, 0.6) is 0 Å². The molecule has 0 fully saturated rings. The Morgan fingerprint density at radius 2 is 2.20 bits per heavy atom. The highest BCUT2D eigenvalue weighted by Crippen LogP contribution is 2.18. The number of aliphatic hydroxyl groups excluding tert-OH is 1. The van der Waals surface area contributed by atoms with Crippen LogP contribution in [0.1, 0.15) is 26.2 Å². The quantitative estimate of drug-likeness (QED) is 0.496. The number of carboxylic acids is 1. The van der Waals surface area contributed by atoms with Crippen molar-refractivity contribution in [2.24, 2.45) is 0 Å². The van der Waals surface area contributed by atoms with Gasteiger partial charge < -0.3 is 10.2 Å². The van der Waals surface area contributed by atoms with Crippen molar-refractivity contribution in [3.8, 4) is 0 Å². The van der Waals surface area contributed by atoms with Gasteiger partial charge in [-0.25, -0.2) is 0 Å². The number of carboxylic acid groups (broad SMARTS) is 1. The molecule has 0 aliphatic carbocycles. The Kier molecular flexibility index (Phi) is 9.32. The molecule has 3 nitrogen and oxygen atoms in total. The van der Waals surface area contributed by atoms with E-state index in [1.165, 1.54) is 0 Å². The Morgan fingerprint density at radius 3 is 2.73 bits per heavy atom. The Labute approximate surface area is 94.9 Å². The molecule has 0 aromatic carbocycles. The maximum atomic E-state index is 10.3. The van der Waals surface area contributed by atoms with Crippen LogP contribution in [0.2, 0.25) is 0 Å². The predicted molar refractivity (Wildman–Crippen MR) is 63.9 cm³/mol. The van der Waals surface area contributed by atoms with E-state index in [4.69, 9.17) is 10.2 Å². The third-order valence-corrected chi connectivity index (χ3v) is 2.74. The first-order valence-electron chi connectivity index (χ1n) is 5.02. The van der Waals surface area contributed by atoms with Gasteiger partial charge in [0.25, 0.3) is 0 Å². The number of rotatable bonds is 8. The molecule has 0 amide bonds. The van der Waals surface area contributed by atoms with Crippen molar-refractivity contribution in [3.05, 3.63) is 23.1 Å². The SMILES string of the molecule is CC/C=C\C(=C/CO)SCCCC(=O)O. The fourth-order valence-electron chi connectivity index (χ4n) is 0.912. The zero-order valence-corrected chi connectivity index (χ0v) is 9.80. The minimum Gasteiger partial charge on any atom is -0.481 e. The normalized spacial score (nSPS) is 12.3. The summed E-state index contributed by atoms with van der Waals surface area (Å²) < 4.78 is 0. The van der Waals surface area contributed by atoms with Gasteiger partial charge in [-0.05, 0) is 24.7 Å². The van der Waals surface area contributed by atoms with Gasteiger partial charge in [0.05, 0.1) is 6.61 Å². The lowest BCUT2D eigenvalue weighted by molar-refractivity contribution is -0.137. The third kappa shape index (κ3) is 9.56. The van der Waals surface area contributed by atoms with Crippen molar-refractivity contribution in [2.75, 3.05) is 12.4 Å². The predicted octanol–water partition coefficient (Wildman–Crippen LogP) is 2.43. The molecule has 0 aromatic heterocycles. The minimum atomic E-state index is -0.757. The largest absolute Gasteiger partial charge is 0.481 e. The molecule has 0 rings (SSSR count). The van der Waals surface area contributed by atoms with E-state index < -0.39 is 5.97 Å². The molecule has 0 saturated carbocycles. The van der Waals surface area contributed by atoms with Gasteiger partial charge in [-0.2, -0.15) is 0 Å². The van der Waals surface area contributed by atoms with Crippen LogP contribution < -0.4 is 0 Å². The molecular weight excluding hydrogens is 212 g/mol. The van der Waals surface area contributed by atoms with Crippen LogP contribution in [-0.4, -0.2) is 28.5 Å². The van der Waals surface area contributed by atoms with Crippen LogP contribution in [0.25, 0.3) is 0 Å². The molecule has 86 valence electrons. The average molecular weight is 230 g/mol. The fourth-order valence-corrected chi connectivity index (χ4v) is 1.82. The van der Waals surface area contributed by atoms with Gasteiger partial charge in [-0.3, -0.25) is 4.79 Å². The van der Waals surface area contributed by atoms with Crippen molar-refractivity contribution in [1.82, 2.24) is 0 Å². The van der Waals surface area contributed by atoms with Crippen LogP contribution >= 0.6 is 11.8 Å². The van der Waals surface area contributed by atoms with Gasteiger partial charge in [0.2, 0.25) is 0 Å². The van der Waals surface area contributed by atoms with Gasteiger partial charge in [0, 0.05) is 11.3 Å². The molecule has 0 aliphatic heterocycles. The summed E-state index contributed by atoms with van der Waals surface area (Å²) >= 11 is 1.58. The van der Waals surface area contributed by atoms with E-state index in [0.29, 0.717) is 6.42 Å². The lowest BCUT2D eigenvalue weighted by Gasteiger charge is -2.00. The van der Waals surface area contributed by atoms with Crippen molar-refractivity contribution in [3.63, 3.8) is 0 Å². The highest BCUT2D eigenvalue weighted by Gasteiger charge is 1.98. The lowest BCUT2D eigenvalue weighted by atomic mass is 10.3. The number of aliphatic hydroxyl groups is 1. The van der Waals surface area contributed by atoms with E-state index in [-0.39, 0.29) is 13.0 Å². The van der Waals surface area contributed by atoms with E-state index in [2.05, 4.69) is 0 Å². The van der Waals surface area contributed by atoms with Gasteiger partial charge in [-0.1, -0.05) is 19.1 Å². The van der Waals surface area contributed by atoms with Gasteiger partial charge in [0.1, 0.15) is 0 Å². The number of thioether (sulfide) groups is 1. The topological polar surface area (TPSA) is 57.5 Å². The van der Waals surface area contributed by atoms with E-state index in [1.54, 1.807) is 17.8 Å². The standard InChI is InChI=1S/C11H18O3S/c1-2-3-5-10(7-8-12)15-9-4-6-11(13)14/h3,5,7,12H,2,4,6,8-9H2,1H3,(H,13,14)/b5-3-,10-7+. The number of hydrogen-bond donors (Lipinski definition) is 2. The second-order valence-corrected chi connectivity index (χ2v) is 4.11. The molecular formula is C11H18O3S. The molecule has 0 bridgehead atoms. The first kappa shape index (κ1) is 14.3. The smallest absolute Gasteiger partial charge is 0.303 e. The molecule has 2 N–H and O–H groups in total. The highest BCUT2D eigenvalue weighted by atomic mass is 32.2. The molecule has 0 spiro atoms. The van der Waals surface area contributed by atoms with E-state index >= 15 is 0 Å². The Morgan fingerprint density at radius 1 is 1.47 bits per heavy atom. The number of hydrogen-bond acceptors (Lipinski definition) is 3. The summed E-state index contributed by atoms with van der Waals surface area (Å²) in [6.07, 6.45) is 7.53. The van der Waals surface area contributed by atoms with Gasteiger partial charge >= 0.3 is 5.97 Å². The average Bonchev–Trinajstić information content (AvgIpc) is 2.20. The molecule has 0 unspecified atom stereocenters. The molecule has 0 aliphatic rings. The van der Waals surface area contributed by atoms with Crippen LogP contribution in [0, 0.1) is 0 Å². The summed E-state index contributed by atoms with van der Waals surface area (Å²) in [5.74, 6) is 0.0130. The maximum absolute atomic E-state index is 10.3. The highest BCUT2D eigenvalue weighted by molar-refractivity contribution is 8.03. The van der Waals surface area contributed by atoms with E-state index in [0.717, 1.165) is 17.1 Å².